The summed E-state index contributed by atoms with van der Waals surface area (Å²) >= 11 is 26.6. The highest BCUT2D eigenvalue weighted by Crippen LogP contribution is 2.50. The molecule has 8 heterocycles. The maximum Gasteiger partial charge on any atom is 0.349 e. The highest BCUT2D eigenvalue weighted by atomic mass is 35.5. The fourth-order valence-electron chi connectivity index (χ4n) is 15.1. The van der Waals surface area contributed by atoms with Gasteiger partial charge >= 0.3 is 5.69 Å². The van der Waals surface area contributed by atoms with Gasteiger partial charge < -0.3 is 133 Å². The summed E-state index contributed by atoms with van der Waals surface area (Å²) in [4.78, 5) is 156. The lowest BCUT2D eigenvalue weighted by Crippen LogP contribution is -2.65. The molecule has 0 radical (unpaired) electrons. The van der Waals surface area contributed by atoms with E-state index in [4.69, 9.17) is 90.1 Å². The van der Waals surface area contributed by atoms with Gasteiger partial charge in [0.2, 0.25) is 59.3 Å². The molecule has 11 bridgehead atoms. The number of nitrogens with zero attached hydrogens (tertiary/aromatic N) is 2. The molecule has 14 rings (SSSR count). The molecule has 9 amide bonds. The minimum Gasteiger partial charge on any atom is -0.508 e. The summed E-state index contributed by atoms with van der Waals surface area (Å²) in [5.74, 6) is -16.2. The Bertz CT molecular complexity index is 5410. The smallest absolute Gasteiger partial charge is 0.349 e. The predicted molar refractivity (Wildman–Crippen MR) is 455 cm³/mol. The normalized spacial score (nSPS) is 25.5. The Morgan fingerprint density at radius 3 is 1.99 bits per heavy atom. The van der Waals surface area contributed by atoms with E-state index in [2.05, 4.69) is 58.3 Å². The molecule has 6 aromatic carbocycles. The van der Waals surface area contributed by atoms with Gasteiger partial charge in [-0.25, -0.2) is 10.3 Å². The van der Waals surface area contributed by atoms with Gasteiger partial charge in [-0.1, -0.05) is 91.9 Å². The molecule has 688 valence electrons. The Balaban J connectivity index is 0.0000159. The van der Waals surface area contributed by atoms with Gasteiger partial charge in [-0.05, 0) is 139 Å². The number of aliphatic hydroxyl groups excluding tert-OH is 6. The number of hydrogen-bond donors (Lipinski definition) is 20. The van der Waals surface area contributed by atoms with Crippen molar-refractivity contribution in [3.05, 3.63) is 173 Å². The molecular weight excluding hydrogens is 1760 g/mol. The number of carbonyl (C=O) groups is 9. The number of rotatable bonds is 24. The number of hydrogen-bond acceptors (Lipinski definition) is 30. The highest BCUT2D eigenvalue weighted by molar-refractivity contribution is 6.42. The molecule has 18 unspecified atom stereocenters. The van der Waals surface area contributed by atoms with E-state index >= 15 is 24.0 Å². The average Bonchev–Trinajstić information content (AvgIpc) is 0.765. The standard InChI is InChI=1S/C83H93Cl4N13O27.CH4/c1-34(2)21-48(89-5)74(112)97-65-67(107)38-9-13-52(46(86)25-38)123-54-27-40-28-55(71(54)127-81-72(70(110)69(109)56(33-101)125-81)126-60-32-83(4,73(111)35(3)122-60)90-16-18-100-17-15-58(93-82(100)119)92-59(106)23-36-7-11-44(84)45(85)22-36)124-53-14-10-39(26-47(53)87)68(108)66-79(117)96-64(80(118)99-121-20-19-120-6)43-29-41(102)30-51(104)61(43)42-24-37(8-12-50(42)103)62(76(114)98-66)95-77(115)63(40)94-75(113)49(31-57(88)105)91-78(65)116;/h7-15,17,22,24-30,34-35,48-49,56,60,62-70,72-73,81,89-90,101-104,107-111H,16,18-21,23,31-33H2,1-6H3,(H2,88,105)(H,91,116)(H,94,113)(H,95,115)(H,96,117)(H,97,112)(H,98,114)(H,99,118)(H,92,93,106,119);1H4. The molecule has 1 aromatic heterocycles. The second kappa shape index (κ2) is 42.0. The number of hydroxylamine groups is 1. The number of aliphatic hydroxyl groups is 6. The van der Waals surface area contributed by atoms with Crippen LogP contribution in [0.25, 0.3) is 11.1 Å². The van der Waals surface area contributed by atoms with Crippen molar-refractivity contribution in [1.29, 1.82) is 0 Å². The number of nitrogens with two attached hydrogens (primary N) is 1. The zero-order valence-corrected chi connectivity index (χ0v) is 71.5. The number of nitrogens with one attached hydrogen (secondary N) is 10. The van der Waals surface area contributed by atoms with Gasteiger partial charge in [0.25, 0.3) is 5.91 Å². The van der Waals surface area contributed by atoms with Crippen molar-refractivity contribution in [3.63, 3.8) is 0 Å². The second-order valence-electron chi connectivity index (χ2n) is 31.3. The Hall–Kier alpha value is -11.1. The molecule has 0 saturated carbocycles. The molecule has 0 aliphatic carbocycles. The number of aromatic nitrogens is 2. The van der Waals surface area contributed by atoms with Crippen molar-refractivity contribution in [3.8, 4) is 57.1 Å². The van der Waals surface area contributed by atoms with Crippen LogP contribution in [0.5, 0.6) is 46.0 Å². The summed E-state index contributed by atoms with van der Waals surface area (Å²) in [5.41, 5.74) is 3.58. The third kappa shape index (κ3) is 22.4. The van der Waals surface area contributed by atoms with Crippen LogP contribution in [0, 0.1) is 5.92 Å². The number of amides is 9. The number of benzene rings is 6. The number of halogens is 4. The van der Waals surface area contributed by atoms with Gasteiger partial charge in [0.1, 0.15) is 101 Å². The summed E-state index contributed by atoms with van der Waals surface area (Å²) in [6, 6.07) is 5.50. The van der Waals surface area contributed by atoms with Gasteiger partial charge in [-0.3, -0.25) is 52.6 Å². The van der Waals surface area contributed by atoms with Gasteiger partial charge in [0, 0.05) is 55.5 Å². The Labute approximate surface area is 750 Å². The van der Waals surface area contributed by atoms with Crippen molar-refractivity contribution in [2.24, 2.45) is 11.7 Å². The lowest BCUT2D eigenvalue weighted by Gasteiger charge is -2.48. The number of carbonyl (C=O) groups excluding carboxylic acids is 9. The third-order valence-electron chi connectivity index (χ3n) is 21.7. The molecule has 7 aliphatic rings. The molecule has 44 heteroatoms. The third-order valence-corrected chi connectivity index (χ3v) is 23.0. The minimum atomic E-state index is -2.40. The van der Waals surface area contributed by atoms with Crippen LogP contribution >= 0.6 is 46.4 Å². The van der Waals surface area contributed by atoms with Crippen LogP contribution in [0.3, 0.4) is 0 Å². The Morgan fingerprint density at radius 2 is 1.36 bits per heavy atom. The van der Waals surface area contributed by atoms with Crippen LogP contribution in [-0.4, -0.2) is 228 Å². The Kier molecular flexibility index (Phi) is 32.0. The van der Waals surface area contributed by atoms with E-state index in [1.54, 1.807) is 13.0 Å². The summed E-state index contributed by atoms with van der Waals surface area (Å²) in [7, 11) is 2.80. The lowest BCUT2D eigenvalue weighted by atomic mass is 9.85. The molecule has 21 N–H and O–H groups in total. The zero-order valence-electron chi connectivity index (χ0n) is 68.5. The second-order valence-corrected chi connectivity index (χ2v) is 32.9. The van der Waals surface area contributed by atoms with Gasteiger partial charge in [0.05, 0.1) is 71.0 Å². The first-order valence-corrected chi connectivity index (χ1v) is 41.3. The van der Waals surface area contributed by atoms with E-state index in [0.717, 1.165) is 66.7 Å². The number of likely N-dealkylation sites (N-methyl/N-ethyl adjacent to an activating group) is 1. The molecule has 2 fully saturated rings. The van der Waals surface area contributed by atoms with Gasteiger partial charge in [0.15, 0.2) is 23.9 Å². The largest absolute Gasteiger partial charge is 0.508 e. The quantitative estimate of drug-likeness (QED) is 0.0305. The number of phenols is 3. The average molecular weight is 1860 g/mol. The Morgan fingerprint density at radius 1 is 0.703 bits per heavy atom. The fraction of sp³-hybridized carbons (Fsp3) is 0.417. The number of anilines is 1. The van der Waals surface area contributed by atoms with Gasteiger partial charge in [-0.2, -0.15) is 4.98 Å². The van der Waals surface area contributed by atoms with E-state index in [9.17, 15) is 69.9 Å². The van der Waals surface area contributed by atoms with Crippen LogP contribution in [0.2, 0.25) is 20.1 Å². The van der Waals surface area contributed by atoms with Crippen LogP contribution < -0.4 is 79.0 Å². The zero-order chi connectivity index (χ0) is 91.9. The number of methoxy groups -OCH3 is 1. The number of aromatic hydroxyl groups is 3. The van der Waals surface area contributed by atoms with Crippen molar-refractivity contribution < 1.29 is 127 Å². The van der Waals surface area contributed by atoms with Crippen molar-refractivity contribution >= 4 is 105 Å². The number of ether oxygens (including phenoxy) is 7. The first kappa shape index (κ1) is 97.5. The number of fused-ring (bicyclic) bond motifs is 15. The molecule has 18 atom stereocenters. The molecular formula is C84H97Cl4N13O27. The van der Waals surface area contributed by atoms with Crippen molar-refractivity contribution in [1.82, 2.24) is 57.6 Å². The number of primary amides is 1. The molecule has 0 spiro atoms. The first-order valence-electron chi connectivity index (χ1n) is 39.8. The van der Waals surface area contributed by atoms with E-state index in [1.165, 1.54) is 62.2 Å². The molecule has 40 nitrogen and oxygen atoms in total. The molecule has 7 aromatic rings. The van der Waals surface area contributed by atoms with Crippen LogP contribution in [0.1, 0.15) is 118 Å². The minimum absolute atomic E-state index is 0. The van der Waals surface area contributed by atoms with Crippen LogP contribution in [-0.2, 0) is 79.9 Å². The summed E-state index contributed by atoms with van der Waals surface area (Å²) < 4.78 is 45.7. The van der Waals surface area contributed by atoms with E-state index in [1.807, 2.05) is 13.8 Å². The topological polar surface area (TPSA) is 591 Å². The van der Waals surface area contributed by atoms with Crippen LogP contribution in [0.4, 0.5) is 5.82 Å². The first-order chi connectivity index (χ1) is 60.3. The predicted octanol–water partition coefficient (Wildman–Crippen LogP) is 2.73. The van der Waals surface area contributed by atoms with Gasteiger partial charge in [-0.15, -0.1) is 0 Å². The SMILES string of the molecule is C.CNC(CC(C)C)C(=O)NC1C(=O)NC(CC(N)=O)C(=O)NC2C(=O)NC3C(=O)NC(C(=O)NC(C(=O)NOCCOC)c4cc(O)cc(O)c4-c4cc3ccc4O)C(O)c3ccc(c(Cl)c3)Oc3cc2cc(c3OC2OC(CO)C(O)C(O)C2OC2CC(C)(NCCn3ccc(NC(=O)Cc4ccc(Cl)c(Cl)c4)nc3=O)C(O)C(C)O2)Oc2ccc(cc2Cl)C1O. The molecule has 2 saturated heterocycles. The molecule has 7 aliphatic heterocycles. The molecule has 128 heavy (non-hydrogen) atoms. The van der Waals surface area contributed by atoms with Crippen molar-refractivity contribution in [2.75, 3.05) is 45.8 Å². The number of phenolic OH excluding ortho intramolecular Hbond substituents is 3. The lowest BCUT2D eigenvalue weighted by molar-refractivity contribution is -0.334. The summed E-state index contributed by atoms with van der Waals surface area (Å²) in [6.07, 6.45) is -18.3. The fourth-order valence-corrected chi connectivity index (χ4v) is 15.9. The summed E-state index contributed by atoms with van der Waals surface area (Å²) in [6.45, 7) is 5.22. The van der Waals surface area contributed by atoms with E-state index in [0.29, 0.717) is 10.6 Å². The van der Waals surface area contributed by atoms with Crippen LogP contribution in [0.15, 0.2) is 114 Å². The maximum absolute atomic E-state index is 16.4. The monoisotopic (exact) mass is 1860 g/mol. The maximum atomic E-state index is 16.4. The van der Waals surface area contributed by atoms with E-state index < -0.39 is 254 Å². The van der Waals surface area contributed by atoms with Crippen molar-refractivity contribution in [2.45, 2.75) is 177 Å². The summed E-state index contributed by atoms with van der Waals surface area (Å²) in [5, 5.41) is 130. The highest BCUT2D eigenvalue weighted by Gasteiger charge is 2.52. The van der Waals surface area contributed by atoms with E-state index in [-0.39, 0.29) is 92.2 Å².